The second-order valence-corrected chi connectivity index (χ2v) is 2.79. The molecule has 2 rings (SSSR count). The molecule has 0 unspecified atom stereocenters. The summed E-state index contributed by atoms with van der Waals surface area (Å²) >= 11 is 0. The fraction of sp³-hybridized carbons (Fsp3) is 0.500. The van der Waals surface area contributed by atoms with Crippen LogP contribution in [0, 0.1) is 4.91 Å². The third kappa shape index (κ3) is 0.919. The lowest BCUT2D eigenvalue weighted by Gasteiger charge is -1.81. The second-order valence-electron chi connectivity index (χ2n) is 2.79. The Morgan fingerprint density at radius 2 is 2.33 bits per heavy atom. The summed E-state index contributed by atoms with van der Waals surface area (Å²) in [4.78, 5) is 21.4. The van der Waals surface area contributed by atoms with Crippen molar-refractivity contribution in [2.75, 3.05) is 0 Å². The van der Waals surface area contributed by atoms with Gasteiger partial charge in [0.1, 0.15) is 0 Å². The van der Waals surface area contributed by atoms with Crippen LogP contribution in [0.5, 0.6) is 0 Å². The third-order valence-electron chi connectivity index (χ3n) is 1.86. The predicted molar refractivity (Wildman–Crippen MR) is 35.4 cm³/mol. The molecule has 0 bridgehead atoms. The minimum atomic E-state index is -1.16. The minimum Gasteiger partial charge on any atom is -0.475 e. The van der Waals surface area contributed by atoms with Crippen LogP contribution < -0.4 is 4.60 Å². The van der Waals surface area contributed by atoms with Crippen molar-refractivity contribution in [2.45, 2.75) is 18.8 Å². The summed E-state index contributed by atoms with van der Waals surface area (Å²) in [6.45, 7) is 0. The maximum Gasteiger partial charge on any atom is 0.384 e. The maximum absolute atomic E-state index is 10.9. The van der Waals surface area contributed by atoms with Gasteiger partial charge in [-0.1, -0.05) is 9.79 Å². The lowest BCUT2D eigenvalue weighted by atomic mass is 10.2. The van der Waals surface area contributed by atoms with Crippen molar-refractivity contribution in [3.8, 4) is 0 Å². The summed E-state index contributed by atoms with van der Waals surface area (Å²) in [5.41, 5.74) is 0.0787. The van der Waals surface area contributed by atoms with Crippen LogP contribution in [-0.2, 0) is 0 Å². The van der Waals surface area contributed by atoms with E-state index in [1.807, 2.05) is 0 Å². The van der Waals surface area contributed by atoms with Crippen molar-refractivity contribution in [3.63, 3.8) is 0 Å². The SMILES string of the molecule is O=C(O)c1[nH]o[n+](=O)c1C1CC1. The molecular formula is C6H7N2O4+. The van der Waals surface area contributed by atoms with Gasteiger partial charge in [-0.25, -0.2) is 4.79 Å². The smallest absolute Gasteiger partial charge is 0.384 e. The highest BCUT2D eigenvalue weighted by Crippen LogP contribution is 2.39. The van der Waals surface area contributed by atoms with Crippen LogP contribution >= 0.6 is 0 Å². The van der Waals surface area contributed by atoms with Crippen molar-refractivity contribution in [1.82, 2.24) is 5.16 Å². The summed E-state index contributed by atoms with van der Waals surface area (Å²) in [7, 11) is 0. The summed E-state index contributed by atoms with van der Waals surface area (Å²) in [5.74, 6) is -1.10. The van der Waals surface area contributed by atoms with Gasteiger partial charge in [0.2, 0.25) is 0 Å². The number of nitrogens with one attached hydrogen (secondary N) is 1. The van der Waals surface area contributed by atoms with Crippen LogP contribution in [0.25, 0.3) is 0 Å². The molecule has 0 spiro atoms. The first-order valence-corrected chi connectivity index (χ1v) is 3.58. The lowest BCUT2D eigenvalue weighted by molar-refractivity contribution is -0.719. The zero-order valence-electron chi connectivity index (χ0n) is 6.11. The van der Waals surface area contributed by atoms with Gasteiger partial charge in [0.15, 0.2) is 4.60 Å². The molecule has 1 fully saturated rings. The quantitative estimate of drug-likeness (QED) is 0.660. The van der Waals surface area contributed by atoms with Crippen LogP contribution in [0.2, 0.25) is 0 Å². The highest BCUT2D eigenvalue weighted by molar-refractivity contribution is 5.86. The zero-order valence-corrected chi connectivity index (χ0v) is 6.11. The number of carbonyl (C=O) groups is 1. The van der Waals surface area contributed by atoms with Crippen molar-refractivity contribution >= 4 is 5.97 Å². The Morgan fingerprint density at radius 3 is 2.83 bits per heavy atom. The molecule has 2 N–H and O–H groups in total. The molecule has 6 nitrogen and oxygen atoms in total. The molecule has 1 aliphatic carbocycles. The van der Waals surface area contributed by atoms with Crippen molar-refractivity contribution in [2.24, 2.45) is 0 Å². The Bertz CT molecular complexity index is 373. The fourth-order valence-electron chi connectivity index (χ4n) is 1.14. The van der Waals surface area contributed by atoms with Crippen LogP contribution in [0.4, 0.5) is 0 Å². The number of aromatic amines is 1. The Morgan fingerprint density at radius 1 is 1.67 bits per heavy atom. The molecule has 0 radical (unpaired) electrons. The molecule has 0 aromatic carbocycles. The van der Waals surface area contributed by atoms with Crippen LogP contribution in [0.1, 0.15) is 34.9 Å². The van der Waals surface area contributed by atoms with Crippen molar-refractivity contribution in [1.29, 1.82) is 0 Å². The summed E-state index contributed by atoms with van der Waals surface area (Å²) in [6, 6.07) is 0. The number of carboxylic acid groups (broad SMARTS) is 1. The largest absolute Gasteiger partial charge is 0.475 e. The Balaban J connectivity index is 2.53. The lowest BCUT2D eigenvalue weighted by Crippen LogP contribution is -2.17. The third-order valence-corrected chi connectivity index (χ3v) is 1.86. The van der Waals surface area contributed by atoms with E-state index in [9.17, 15) is 9.70 Å². The van der Waals surface area contributed by atoms with Gasteiger partial charge in [-0.15, -0.1) is 0 Å². The van der Waals surface area contributed by atoms with E-state index < -0.39 is 5.97 Å². The molecule has 1 saturated carbocycles. The molecule has 1 aromatic heterocycles. The van der Waals surface area contributed by atoms with Gasteiger partial charge < -0.3 is 5.11 Å². The predicted octanol–water partition coefficient (Wildman–Crippen LogP) is 0.0978. The molecular weight excluding hydrogens is 164 g/mol. The Hall–Kier alpha value is -1.59. The highest BCUT2D eigenvalue weighted by atomic mass is 16.7. The minimum absolute atomic E-state index is 0.0589. The Labute approximate surface area is 66.3 Å². The van der Waals surface area contributed by atoms with E-state index in [0.717, 1.165) is 12.8 Å². The van der Waals surface area contributed by atoms with E-state index in [4.69, 9.17) is 5.11 Å². The molecule has 12 heavy (non-hydrogen) atoms. The van der Waals surface area contributed by atoms with Gasteiger partial charge in [0.25, 0.3) is 11.4 Å². The van der Waals surface area contributed by atoms with Crippen molar-refractivity contribution < 1.29 is 19.1 Å². The van der Waals surface area contributed by atoms with Gasteiger partial charge in [0.05, 0.1) is 0 Å². The van der Waals surface area contributed by atoms with E-state index in [2.05, 4.69) is 9.79 Å². The number of carboxylic acids is 1. The maximum atomic E-state index is 10.9. The first-order valence-electron chi connectivity index (χ1n) is 3.58. The summed E-state index contributed by atoms with van der Waals surface area (Å²) < 4.78 is 4.55. The van der Waals surface area contributed by atoms with Crippen molar-refractivity contribution in [3.05, 3.63) is 16.3 Å². The number of aromatic nitrogens is 2. The number of rotatable bonds is 2. The average molecular weight is 171 g/mol. The first-order chi connectivity index (χ1) is 5.70. The van der Waals surface area contributed by atoms with E-state index in [1.54, 1.807) is 0 Å². The molecule has 1 aliphatic rings. The topological polar surface area (TPSA) is 89.2 Å². The van der Waals surface area contributed by atoms with Crippen LogP contribution in [0.3, 0.4) is 0 Å². The summed E-state index contributed by atoms with van der Waals surface area (Å²) in [5, 5.41) is 10.7. The van der Waals surface area contributed by atoms with E-state index >= 15 is 0 Å². The standard InChI is InChI=1S/C6H6N2O4/c9-6(10)4-5(3-1-2-3)8(11)12-7-4/h3H,1-2H2,(H-,7,9,10,11)/p+1. The normalized spacial score (nSPS) is 16.3. The molecule has 1 aromatic rings. The van der Waals surface area contributed by atoms with Crippen LogP contribution in [0.15, 0.2) is 4.63 Å². The number of nitrogens with zero attached hydrogens (tertiary/aromatic N) is 1. The molecule has 1 heterocycles. The van der Waals surface area contributed by atoms with Gasteiger partial charge in [0, 0.05) is 5.92 Å². The van der Waals surface area contributed by atoms with E-state index in [0.29, 0.717) is 0 Å². The van der Waals surface area contributed by atoms with Gasteiger partial charge in [-0.3, -0.25) is 0 Å². The molecule has 6 heteroatoms. The monoisotopic (exact) mass is 171 g/mol. The number of H-pyrrole nitrogens is 1. The molecule has 0 amide bonds. The van der Waals surface area contributed by atoms with E-state index in [-0.39, 0.29) is 21.9 Å². The zero-order chi connectivity index (χ0) is 8.72. The number of hydrogen-bond acceptors (Lipinski definition) is 3. The first kappa shape index (κ1) is 7.08. The molecule has 0 saturated heterocycles. The average Bonchev–Trinajstić information content (AvgIpc) is 2.75. The number of aromatic carboxylic acids is 1. The van der Waals surface area contributed by atoms with Gasteiger partial charge in [-0.05, 0) is 17.7 Å². The van der Waals surface area contributed by atoms with E-state index in [1.165, 1.54) is 0 Å². The molecule has 0 aliphatic heterocycles. The Kier molecular flexibility index (Phi) is 1.30. The molecule has 64 valence electrons. The molecule has 0 atom stereocenters. The number of hydrogen-bond donors (Lipinski definition) is 2. The van der Waals surface area contributed by atoms with Gasteiger partial charge in [-0.2, -0.15) is 0 Å². The van der Waals surface area contributed by atoms with Crippen LogP contribution in [-0.4, -0.2) is 16.2 Å². The summed E-state index contributed by atoms with van der Waals surface area (Å²) in [6.07, 6.45) is 1.71. The van der Waals surface area contributed by atoms with Gasteiger partial charge >= 0.3 is 5.97 Å². The fourth-order valence-corrected chi connectivity index (χ4v) is 1.14. The highest BCUT2D eigenvalue weighted by Gasteiger charge is 2.39. The second kappa shape index (κ2) is 2.20.